The van der Waals surface area contributed by atoms with Crippen LogP contribution in [0.15, 0.2) is 18.2 Å². The summed E-state index contributed by atoms with van der Waals surface area (Å²) in [6, 6.07) is 4.92. The fraction of sp³-hybridized carbons (Fsp3) is 0.571. The Morgan fingerprint density at radius 1 is 1.28 bits per heavy atom. The lowest BCUT2D eigenvalue weighted by Gasteiger charge is -2.18. The van der Waals surface area contributed by atoms with Gasteiger partial charge in [0.2, 0.25) is 0 Å². The number of nitrogens with one attached hydrogen (secondary N) is 1. The van der Waals surface area contributed by atoms with Crippen LogP contribution >= 0.6 is 23.2 Å². The average Bonchev–Trinajstić information content (AvgIpc) is 2.82. The molecule has 100 valence electrons. The molecule has 2 atom stereocenters. The molecular formula is C14H18Cl2FN. The van der Waals surface area contributed by atoms with Crippen molar-refractivity contribution in [1.29, 1.82) is 0 Å². The number of alkyl halides is 1. The first-order valence-corrected chi connectivity index (χ1v) is 7.33. The maximum atomic E-state index is 13.2. The number of rotatable bonds is 5. The van der Waals surface area contributed by atoms with Crippen molar-refractivity contribution in [2.24, 2.45) is 11.8 Å². The predicted octanol–water partition coefficient (Wildman–Crippen LogP) is 4.22. The van der Waals surface area contributed by atoms with E-state index in [0.29, 0.717) is 18.4 Å². The second kappa shape index (κ2) is 6.74. The van der Waals surface area contributed by atoms with Crippen molar-refractivity contribution in [3.05, 3.63) is 34.6 Å². The number of hydrogen-bond donors (Lipinski definition) is 1. The molecule has 2 unspecified atom stereocenters. The molecule has 0 radical (unpaired) electrons. The molecule has 1 aromatic rings. The minimum Gasteiger partial charge on any atom is -0.312 e. The van der Waals surface area contributed by atoms with Gasteiger partial charge in [-0.05, 0) is 42.9 Å². The Morgan fingerprint density at radius 3 is 2.83 bits per heavy atom. The average molecular weight is 290 g/mol. The van der Waals surface area contributed by atoms with Crippen LogP contribution in [-0.4, -0.2) is 12.4 Å². The molecule has 2 rings (SSSR count). The van der Waals surface area contributed by atoms with Crippen LogP contribution in [-0.2, 0) is 6.54 Å². The van der Waals surface area contributed by atoms with Gasteiger partial charge in [-0.2, -0.15) is 0 Å². The molecule has 0 bridgehead atoms. The minimum atomic E-state index is -0.351. The van der Waals surface area contributed by atoms with Gasteiger partial charge in [-0.3, -0.25) is 0 Å². The second-order valence-electron chi connectivity index (χ2n) is 4.95. The van der Waals surface area contributed by atoms with Crippen LogP contribution < -0.4 is 5.32 Å². The fourth-order valence-electron chi connectivity index (χ4n) is 2.66. The standard InChI is InChI=1S/C14H18Cl2FN/c15-7-10-3-1-4-11(10)8-18-9-12-5-2-6-13(17)14(12)16/h2,5-6,10-11,18H,1,3-4,7-9H2. The van der Waals surface area contributed by atoms with Gasteiger partial charge in [-0.15, -0.1) is 11.6 Å². The molecular weight excluding hydrogens is 272 g/mol. The predicted molar refractivity (Wildman–Crippen MR) is 74.7 cm³/mol. The number of benzene rings is 1. The molecule has 1 N–H and O–H groups in total. The van der Waals surface area contributed by atoms with Crippen molar-refractivity contribution < 1.29 is 4.39 Å². The molecule has 1 fully saturated rings. The van der Waals surface area contributed by atoms with Crippen LogP contribution in [0.5, 0.6) is 0 Å². The van der Waals surface area contributed by atoms with E-state index in [4.69, 9.17) is 23.2 Å². The van der Waals surface area contributed by atoms with Crippen LogP contribution in [0.25, 0.3) is 0 Å². The van der Waals surface area contributed by atoms with Crippen molar-refractivity contribution in [3.63, 3.8) is 0 Å². The van der Waals surface area contributed by atoms with Gasteiger partial charge in [0.15, 0.2) is 0 Å². The fourth-order valence-corrected chi connectivity index (χ4v) is 3.26. The molecule has 0 amide bonds. The third-order valence-corrected chi connectivity index (χ3v) is 4.59. The van der Waals surface area contributed by atoms with E-state index in [1.54, 1.807) is 6.07 Å². The van der Waals surface area contributed by atoms with Crippen molar-refractivity contribution in [2.45, 2.75) is 25.8 Å². The van der Waals surface area contributed by atoms with E-state index in [1.807, 2.05) is 6.07 Å². The zero-order valence-electron chi connectivity index (χ0n) is 10.3. The summed E-state index contributed by atoms with van der Waals surface area (Å²) in [6.45, 7) is 1.55. The highest BCUT2D eigenvalue weighted by atomic mass is 35.5. The summed E-state index contributed by atoms with van der Waals surface area (Å²) in [5.41, 5.74) is 0.817. The van der Waals surface area contributed by atoms with Crippen LogP contribution in [0.3, 0.4) is 0 Å². The molecule has 1 aliphatic carbocycles. The Morgan fingerprint density at radius 2 is 2.06 bits per heavy atom. The smallest absolute Gasteiger partial charge is 0.142 e. The summed E-state index contributed by atoms with van der Waals surface area (Å²) in [6.07, 6.45) is 3.74. The Hall–Kier alpha value is -0.310. The lowest BCUT2D eigenvalue weighted by Crippen LogP contribution is -2.25. The Bertz CT molecular complexity index is 397. The first-order chi connectivity index (χ1) is 8.72. The number of halogens is 3. The van der Waals surface area contributed by atoms with Crippen LogP contribution in [0.1, 0.15) is 24.8 Å². The largest absolute Gasteiger partial charge is 0.312 e. The van der Waals surface area contributed by atoms with Gasteiger partial charge in [0, 0.05) is 12.4 Å². The van der Waals surface area contributed by atoms with Crippen LogP contribution in [0, 0.1) is 17.7 Å². The zero-order valence-corrected chi connectivity index (χ0v) is 11.8. The second-order valence-corrected chi connectivity index (χ2v) is 5.64. The molecule has 0 aromatic heterocycles. The summed E-state index contributed by atoms with van der Waals surface area (Å²) < 4.78 is 13.2. The Kier molecular flexibility index (Phi) is 5.28. The van der Waals surface area contributed by atoms with Crippen molar-refractivity contribution in [1.82, 2.24) is 5.32 Å². The van der Waals surface area contributed by atoms with Gasteiger partial charge < -0.3 is 5.32 Å². The SMILES string of the molecule is Fc1cccc(CNCC2CCCC2CCl)c1Cl. The molecule has 0 aliphatic heterocycles. The summed E-state index contributed by atoms with van der Waals surface area (Å²) in [4.78, 5) is 0. The van der Waals surface area contributed by atoms with Gasteiger partial charge in [-0.25, -0.2) is 4.39 Å². The maximum absolute atomic E-state index is 13.2. The summed E-state index contributed by atoms with van der Waals surface area (Å²) in [7, 11) is 0. The molecule has 1 aliphatic rings. The van der Waals surface area contributed by atoms with Crippen molar-refractivity contribution >= 4 is 23.2 Å². The summed E-state index contributed by atoms with van der Waals surface area (Å²) >= 11 is 11.9. The van der Waals surface area contributed by atoms with Crippen LogP contribution in [0.2, 0.25) is 5.02 Å². The molecule has 0 saturated heterocycles. The molecule has 0 spiro atoms. The molecule has 18 heavy (non-hydrogen) atoms. The molecule has 1 saturated carbocycles. The normalized spacial score (nSPS) is 23.5. The highest BCUT2D eigenvalue weighted by Crippen LogP contribution is 2.32. The molecule has 0 heterocycles. The van der Waals surface area contributed by atoms with E-state index in [2.05, 4.69) is 5.32 Å². The van der Waals surface area contributed by atoms with Gasteiger partial charge in [0.05, 0.1) is 5.02 Å². The zero-order chi connectivity index (χ0) is 13.0. The Labute approximate surface area is 118 Å². The monoisotopic (exact) mass is 289 g/mol. The van der Waals surface area contributed by atoms with Gasteiger partial charge >= 0.3 is 0 Å². The Balaban J connectivity index is 1.83. The molecule has 1 aromatic carbocycles. The van der Waals surface area contributed by atoms with E-state index in [0.717, 1.165) is 18.0 Å². The quantitative estimate of drug-likeness (QED) is 0.800. The lowest BCUT2D eigenvalue weighted by molar-refractivity contribution is 0.395. The third-order valence-electron chi connectivity index (χ3n) is 3.77. The maximum Gasteiger partial charge on any atom is 0.142 e. The van der Waals surface area contributed by atoms with E-state index >= 15 is 0 Å². The summed E-state index contributed by atoms with van der Waals surface area (Å²) in [5, 5.41) is 3.59. The van der Waals surface area contributed by atoms with E-state index in [9.17, 15) is 4.39 Å². The van der Waals surface area contributed by atoms with Gasteiger partial charge in [-0.1, -0.05) is 30.2 Å². The van der Waals surface area contributed by atoms with Gasteiger partial charge in [0.25, 0.3) is 0 Å². The summed E-state index contributed by atoms with van der Waals surface area (Å²) in [5.74, 6) is 1.67. The molecule has 4 heteroatoms. The highest BCUT2D eigenvalue weighted by molar-refractivity contribution is 6.31. The van der Waals surface area contributed by atoms with E-state index < -0.39 is 0 Å². The third kappa shape index (κ3) is 3.37. The first-order valence-electron chi connectivity index (χ1n) is 6.42. The highest BCUT2D eigenvalue weighted by Gasteiger charge is 2.25. The van der Waals surface area contributed by atoms with Crippen molar-refractivity contribution in [3.8, 4) is 0 Å². The van der Waals surface area contributed by atoms with E-state index in [1.165, 1.54) is 25.3 Å². The van der Waals surface area contributed by atoms with E-state index in [-0.39, 0.29) is 10.8 Å². The minimum absolute atomic E-state index is 0.227. The van der Waals surface area contributed by atoms with Gasteiger partial charge in [0.1, 0.15) is 5.82 Å². The lowest BCUT2D eigenvalue weighted by atomic mass is 9.98. The van der Waals surface area contributed by atoms with Crippen molar-refractivity contribution in [2.75, 3.05) is 12.4 Å². The molecule has 1 nitrogen and oxygen atoms in total. The number of hydrogen-bond acceptors (Lipinski definition) is 1. The first kappa shape index (κ1) is 14.1. The van der Waals surface area contributed by atoms with Crippen LogP contribution in [0.4, 0.5) is 4.39 Å². The topological polar surface area (TPSA) is 12.0 Å².